The average Bonchev–Trinajstić information content (AvgIpc) is 3.09. The quantitative estimate of drug-likeness (QED) is 0.828. The minimum atomic E-state index is 0.314. The van der Waals surface area contributed by atoms with E-state index in [1.54, 1.807) is 7.11 Å². The van der Waals surface area contributed by atoms with Gasteiger partial charge in [0.15, 0.2) is 11.5 Å². The van der Waals surface area contributed by atoms with Gasteiger partial charge < -0.3 is 15.2 Å². The number of hydrogen-bond acceptors (Lipinski definition) is 5. The molecule has 2 heterocycles. The van der Waals surface area contributed by atoms with Crippen molar-refractivity contribution >= 4 is 0 Å². The number of nitrogens with two attached hydrogens (primary N) is 1. The fourth-order valence-corrected chi connectivity index (χ4v) is 3.71. The maximum Gasteiger partial charge on any atom is 0.161 e. The molecule has 2 aliphatic rings. The van der Waals surface area contributed by atoms with E-state index in [9.17, 15) is 0 Å². The van der Waals surface area contributed by atoms with E-state index in [2.05, 4.69) is 21.9 Å². The van der Waals surface area contributed by atoms with Crippen LogP contribution in [0.4, 0.5) is 0 Å². The van der Waals surface area contributed by atoms with Gasteiger partial charge in [0.2, 0.25) is 0 Å². The molecule has 5 heteroatoms. The highest BCUT2D eigenvalue weighted by atomic mass is 16.5. The molecular weight excluding hydrogens is 302 g/mol. The fourth-order valence-electron chi connectivity index (χ4n) is 3.71. The summed E-state index contributed by atoms with van der Waals surface area (Å²) >= 11 is 0. The highest BCUT2D eigenvalue weighted by Gasteiger charge is 2.17. The summed E-state index contributed by atoms with van der Waals surface area (Å²) in [5.41, 5.74) is 7.33. The summed E-state index contributed by atoms with van der Waals surface area (Å²) in [7, 11) is 1.71. The van der Waals surface area contributed by atoms with E-state index in [1.807, 2.05) is 6.07 Å². The Labute approximate surface area is 145 Å². The first-order valence-electron chi connectivity index (χ1n) is 9.24. The second-order valence-electron chi connectivity index (χ2n) is 7.02. The summed E-state index contributed by atoms with van der Waals surface area (Å²) in [4.78, 5) is 4.89. The third kappa shape index (κ3) is 4.85. The lowest BCUT2D eigenvalue weighted by molar-refractivity contribution is 0.201. The molecule has 2 fully saturated rings. The molecular formula is C19H31N3O2. The molecule has 0 aromatic heterocycles. The smallest absolute Gasteiger partial charge is 0.161 e. The highest BCUT2D eigenvalue weighted by Crippen LogP contribution is 2.29. The molecule has 134 valence electrons. The molecule has 5 nitrogen and oxygen atoms in total. The van der Waals surface area contributed by atoms with Gasteiger partial charge in [0.1, 0.15) is 6.61 Å². The van der Waals surface area contributed by atoms with Gasteiger partial charge in [0.05, 0.1) is 7.11 Å². The van der Waals surface area contributed by atoms with E-state index in [-0.39, 0.29) is 0 Å². The number of hydrogen-bond donors (Lipinski definition) is 1. The van der Waals surface area contributed by atoms with Gasteiger partial charge >= 0.3 is 0 Å². The van der Waals surface area contributed by atoms with E-state index in [0.29, 0.717) is 6.04 Å². The van der Waals surface area contributed by atoms with Gasteiger partial charge in [-0.3, -0.25) is 9.80 Å². The van der Waals surface area contributed by atoms with Crippen LogP contribution >= 0.6 is 0 Å². The Hall–Kier alpha value is -1.30. The van der Waals surface area contributed by atoms with Crippen molar-refractivity contribution in [1.29, 1.82) is 0 Å². The zero-order valence-corrected chi connectivity index (χ0v) is 14.9. The average molecular weight is 333 g/mol. The molecule has 0 unspecified atom stereocenters. The zero-order valence-electron chi connectivity index (χ0n) is 14.9. The minimum Gasteiger partial charge on any atom is -0.493 e. The Bertz CT molecular complexity index is 517. The maximum absolute atomic E-state index is 6.08. The standard InChI is InChI=1S/C19H31N3O2/c1-23-19-13-16(14-22-10-4-5-17(20)15-22)6-7-18(19)24-12-11-21-8-2-3-9-21/h6-7,13,17H,2-5,8-12,14-15,20H2,1H3/t17-/m0/s1. The third-order valence-corrected chi connectivity index (χ3v) is 5.04. The number of nitrogens with zero attached hydrogens (tertiary/aromatic N) is 2. The Morgan fingerprint density at radius 2 is 1.88 bits per heavy atom. The van der Waals surface area contributed by atoms with Crippen LogP contribution in [0.15, 0.2) is 18.2 Å². The largest absolute Gasteiger partial charge is 0.493 e. The molecule has 0 spiro atoms. The number of benzene rings is 1. The van der Waals surface area contributed by atoms with Gasteiger partial charge in [-0.15, -0.1) is 0 Å². The third-order valence-electron chi connectivity index (χ3n) is 5.04. The molecule has 3 rings (SSSR count). The van der Waals surface area contributed by atoms with Crippen molar-refractivity contribution in [3.8, 4) is 11.5 Å². The van der Waals surface area contributed by atoms with Gasteiger partial charge in [-0.2, -0.15) is 0 Å². The monoisotopic (exact) mass is 333 g/mol. The van der Waals surface area contributed by atoms with Crippen molar-refractivity contribution in [2.24, 2.45) is 5.73 Å². The number of piperidine rings is 1. The van der Waals surface area contributed by atoms with Crippen LogP contribution in [0.1, 0.15) is 31.2 Å². The number of rotatable bonds is 7. The van der Waals surface area contributed by atoms with E-state index in [4.69, 9.17) is 15.2 Å². The van der Waals surface area contributed by atoms with E-state index < -0.39 is 0 Å². The normalized spacial score (nSPS) is 22.7. The molecule has 0 bridgehead atoms. The lowest BCUT2D eigenvalue weighted by Gasteiger charge is -2.30. The summed E-state index contributed by atoms with van der Waals surface area (Å²) in [6, 6.07) is 6.61. The first-order valence-corrected chi connectivity index (χ1v) is 9.24. The van der Waals surface area contributed by atoms with Crippen molar-refractivity contribution in [3.05, 3.63) is 23.8 Å². The number of likely N-dealkylation sites (tertiary alicyclic amines) is 2. The summed E-state index contributed by atoms with van der Waals surface area (Å²) in [6.45, 7) is 7.17. The second-order valence-corrected chi connectivity index (χ2v) is 7.02. The highest BCUT2D eigenvalue weighted by molar-refractivity contribution is 5.43. The Kier molecular flexibility index (Phi) is 6.35. The molecule has 2 saturated heterocycles. The van der Waals surface area contributed by atoms with Crippen molar-refractivity contribution in [1.82, 2.24) is 9.80 Å². The van der Waals surface area contributed by atoms with Crippen molar-refractivity contribution in [2.45, 2.75) is 38.3 Å². The summed E-state index contributed by atoms with van der Waals surface area (Å²) in [6.07, 6.45) is 4.97. The van der Waals surface area contributed by atoms with Crippen molar-refractivity contribution < 1.29 is 9.47 Å². The van der Waals surface area contributed by atoms with Crippen molar-refractivity contribution in [2.75, 3.05) is 46.4 Å². The van der Waals surface area contributed by atoms with Crippen molar-refractivity contribution in [3.63, 3.8) is 0 Å². The SMILES string of the molecule is COc1cc(CN2CCC[C@H](N)C2)ccc1OCCN1CCCC1. The predicted octanol–water partition coefficient (Wildman–Crippen LogP) is 2.09. The van der Waals surface area contributed by atoms with Gasteiger partial charge in [-0.05, 0) is 63.0 Å². The van der Waals surface area contributed by atoms with Crippen LogP contribution in [0.5, 0.6) is 11.5 Å². The Morgan fingerprint density at radius 3 is 2.62 bits per heavy atom. The molecule has 0 radical (unpaired) electrons. The van der Waals surface area contributed by atoms with Gasteiger partial charge in [0, 0.05) is 25.7 Å². The lowest BCUT2D eigenvalue weighted by atomic mass is 10.1. The molecule has 2 N–H and O–H groups in total. The van der Waals surface area contributed by atoms with Crippen LogP contribution in [-0.2, 0) is 6.54 Å². The first-order chi connectivity index (χ1) is 11.7. The van der Waals surface area contributed by atoms with Crippen LogP contribution in [-0.4, -0.2) is 62.3 Å². The fraction of sp³-hybridized carbons (Fsp3) is 0.684. The van der Waals surface area contributed by atoms with Crippen LogP contribution in [0.2, 0.25) is 0 Å². The first kappa shape index (κ1) is 17.5. The van der Waals surface area contributed by atoms with Crippen LogP contribution < -0.4 is 15.2 Å². The summed E-state index contributed by atoms with van der Waals surface area (Å²) < 4.78 is 11.5. The second kappa shape index (κ2) is 8.70. The number of ether oxygens (including phenoxy) is 2. The topological polar surface area (TPSA) is 51.0 Å². The Balaban J connectivity index is 1.53. The van der Waals surface area contributed by atoms with Gasteiger partial charge in [0.25, 0.3) is 0 Å². The zero-order chi connectivity index (χ0) is 16.8. The van der Waals surface area contributed by atoms with E-state index in [0.717, 1.165) is 50.7 Å². The Morgan fingerprint density at radius 1 is 1.08 bits per heavy atom. The van der Waals surface area contributed by atoms with Crippen LogP contribution in [0.25, 0.3) is 0 Å². The number of methoxy groups -OCH3 is 1. The maximum atomic E-state index is 6.08. The molecule has 1 aromatic rings. The summed E-state index contributed by atoms with van der Waals surface area (Å²) in [5.74, 6) is 1.67. The molecule has 0 saturated carbocycles. The van der Waals surface area contributed by atoms with Gasteiger partial charge in [-0.1, -0.05) is 6.07 Å². The predicted molar refractivity (Wildman–Crippen MR) is 96.6 cm³/mol. The van der Waals surface area contributed by atoms with Crippen LogP contribution in [0, 0.1) is 0 Å². The van der Waals surface area contributed by atoms with E-state index in [1.165, 1.54) is 37.9 Å². The molecule has 2 aliphatic heterocycles. The lowest BCUT2D eigenvalue weighted by Crippen LogP contribution is -2.42. The molecule has 24 heavy (non-hydrogen) atoms. The van der Waals surface area contributed by atoms with Crippen LogP contribution in [0.3, 0.4) is 0 Å². The summed E-state index contributed by atoms with van der Waals surface area (Å²) in [5, 5.41) is 0. The molecule has 1 aromatic carbocycles. The minimum absolute atomic E-state index is 0.314. The molecule has 1 atom stereocenters. The van der Waals surface area contributed by atoms with Gasteiger partial charge in [-0.25, -0.2) is 0 Å². The molecule has 0 amide bonds. The molecule has 0 aliphatic carbocycles. The van der Waals surface area contributed by atoms with E-state index >= 15 is 0 Å².